The highest BCUT2D eigenvalue weighted by molar-refractivity contribution is 6.35. The number of ether oxygens (including phenoxy) is 1. The van der Waals surface area contributed by atoms with Gasteiger partial charge < -0.3 is 4.74 Å². The number of hydrogen-bond donors (Lipinski definition) is 0. The largest absolute Gasteiger partial charge is 0.451 e. The van der Waals surface area contributed by atoms with E-state index in [1.807, 2.05) is 19.1 Å². The molecule has 0 heterocycles. The molecule has 0 saturated carbocycles. The maximum Gasteiger partial charge on any atom is 0.331 e. The van der Waals surface area contributed by atoms with E-state index < -0.39 is 12.1 Å². The van der Waals surface area contributed by atoms with Crippen LogP contribution in [0.4, 0.5) is 0 Å². The Bertz CT molecular complexity index is 780. The second-order valence-corrected chi connectivity index (χ2v) is 6.15. The minimum atomic E-state index is -0.870. The number of halogens is 2. The normalized spacial score (nSPS) is 12.2. The van der Waals surface area contributed by atoms with E-state index in [2.05, 4.69) is 0 Å². The average Bonchev–Trinajstić information content (AvgIpc) is 2.54. The highest BCUT2D eigenvalue weighted by Gasteiger charge is 2.18. The molecule has 24 heavy (non-hydrogen) atoms. The highest BCUT2D eigenvalue weighted by atomic mass is 35.5. The molecule has 0 N–H and O–H groups in total. The molecule has 2 aromatic carbocycles. The van der Waals surface area contributed by atoms with Crippen LogP contribution in [0.3, 0.4) is 0 Å². The van der Waals surface area contributed by atoms with E-state index in [1.165, 1.54) is 12.2 Å². The van der Waals surface area contributed by atoms with Gasteiger partial charge in [0.25, 0.3) is 0 Å². The Kier molecular flexibility index (Phi) is 6.18. The fourth-order valence-electron chi connectivity index (χ4n) is 2.01. The molecular weight excluding hydrogens is 347 g/mol. The molecule has 124 valence electrons. The van der Waals surface area contributed by atoms with Gasteiger partial charge >= 0.3 is 5.97 Å². The third-order valence-electron chi connectivity index (χ3n) is 3.36. The van der Waals surface area contributed by atoms with E-state index in [1.54, 1.807) is 37.3 Å². The van der Waals surface area contributed by atoms with Crippen molar-refractivity contribution in [2.45, 2.75) is 20.0 Å². The molecule has 0 radical (unpaired) electrons. The maximum atomic E-state index is 12.2. The summed E-state index contributed by atoms with van der Waals surface area (Å²) in [5.41, 5.74) is 2.19. The minimum absolute atomic E-state index is 0.249. The molecule has 0 fully saturated rings. The van der Waals surface area contributed by atoms with Gasteiger partial charge in [-0.2, -0.15) is 0 Å². The zero-order valence-electron chi connectivity index (χ0n) is 13.3. The lowest BCUT2D eigenvalue weighted by Gasteiger charge is -2.11. The van der Waals surface area contributed by atoms with E-state index in [0.29, 0.717) is 21.2 Å². The van der Waals surface area contributed by atoms with Crippen LogP contribution in [0.5, 0.6) is 0 Å². The van der Waals surface area contributed by atoms with Crippen LogP contribution in [-0.2, 0) is 9.53 Å². The van der Waals surface area contributed by atoms with Crippen molar-refractivity contribution in [1.82, 2.24) is 0 Å². The fourth-order valence-corrected chi connectivity index (χ4v) is 2.49. The van der Waals surface area contributed by atoms with Crippen molar-refractivity contribution in [3.63, 3.8) is 0 Å². The van der Waals surface area contributed by atoms with Gasteiger partial charge in [0.1, 0.15) is 0 Å². The summed E-state index contributed by atoms with van der Waals surface area (Å²) in [7, 11) is 0. The first-order valence-electron chi connectivity index (χ1n) is 7.31. The Balaban J connectivity index is 1.99. The van der Waals surface area contributed by atoms with Gasteiger partial charge in [-0.15, -0.1) is 0 Å². The van der Waals surface area contributed by atoms with Crippen LogP contribution in [0.25, 0.3) is 6.08 Å². The van der Waals surface area contributed by atoms with Crippen LogP contribution in [0.2, 0.25) is 10.0 Å². The van der Waals surface area contributed by atoms with Gasteiger partial charge in [0, 0.05) is 21.7 Å². The molecule has 0 aliphatic heterocycles. The standard InChI is InChI=1S/C19H16Cl2O3/c1-12-3-5-15(6-4-12)19(23)13(2)24-18(22)10-8-14-7-9-16(20)11-17(14)21/h3-11,13H,1-2H3/b10-8+/t13-/m0/s1. The van der Waals surface area contributed by atoms with Crippen molar-refractivity contribution in [3.8, 4) is 0 Å². The number of Topliss-reactive ketones (excluding diaryl/α,β-unsaturated/α-hetero) is 1. The summed E-state index contributed by atoms with van der Waals surface area (Å²) in [4.78, 5) is 24.1. The number of hydrogen-bond acceptors (Lipinski definition) is 3. The lowest BCUT2D eigenvalue weighted by molar-refractivity contribution is -0.140. The van der Waals surface area contributed by atoms with Gasteiger partial charge in [-0.3, -0.25) is 4.79 Å². The molecule has 0 spiro atoms. The van der Waals surface area contributed by atoms with Crippen LogP contribution >= 0.6 is 23.2 Å². The number of carbonyl (C=O) groups excluding carboxylic acids is 2. The zero-order chi connectivity index (χ0) is 17.7. The Morgan fingerprint density at radius 2 is 1.75 bits per heavy atom. The Morgan fingerprint density at radius 1 is 1.08 bits per heavy atom. The van der Waals surface area contributed by atoms with Crippen molar-refractivity contribution in [2.24, 2.45) is 0 Å². The highest BCUT2D eigenvalue weighted by Crippen LogP contribution is 2.22. The Hall–Kier alpha value is -2.10. The van der Waals surface area contributed by atoms with Crippen LogP contribution in [0.15, 0.2) is 48.5 Å². The number of ketones is 1. The first-order valence-corrected chi connectivity index (χ1v) is 8.07. The Morgan fingerprint density at radius 3 is 2.38 bits per heavy atom. The number of carbonyl (C=O) groups is 2. The molecule has 0 aromatic heterocycles. The molecule has 2 rings (SSSR count). The van der Waals surface area contributed by atoms with E-state index >= 15 is 0 Å². The molecule has 5 heteroatoms. The molecule has 0 aliphatic carbocycles. The van der Waals surface area contributed by atoms with Crippen LogP contribution in [0, 0.1) is 6.92 Å². The molecule has 0 unspecified atom stereocenters. The SMILES string of the molecule is Cc1ccc(C(=O)[C@H](C)OC(=O)/C=C/c2ccc(Cl)cc2Cl)cc1. The van der Waals surface area contributed by atoms with Gasteiger partial charge in [0.2, 0.25) is 5.78 Å². The number of aryl methyl sites for hydroxylation is 1. The van der Waals surface area contributed by atoms with Crippen LogP contribution < -0.4 is 0 Å². The average molecular weight is 363 g/mol. The summed E-state index contributed by atoms with van der Waals surface area (Å²) in [6, 6.07) is 12.0. The van der Waals surface area contributed by atoms with E-state index in [-0.39, 0.29) is 5.78 Å². The molecule has 1 atom stereocenters. The van der Waals surface area contributed by atoms with Gasteiger partial charge in [-0.25, -0.2) is 4.79 Å². The van der Waals surface area contributed by atoms with Crippen molar-refractivity contribution in [3.05, 3.63) is 75.3 Å². The first-order chi connectivity index (χ1) is 11.4. The van der Waals surface area contributed by atoms with Crippen LogP contribution in [0.1, 0.15) is 28.4 Å². The van der Waals surface area contributed by atoms with Gasteiger partial charge in [0.15, 0.2) is 6.10 Å². The summed E-state index contributed by atoms with van der Waals surface area (Å²) in [5, 5.41) is 0.937. The van der Waals surface area contributed by atoms with Crippen molar-refractivity contribution in [1.29, 1.82) is 0 Å². The molecule has 0 saturated heterocycles. The fraction of sp³-hybridized carbons (Fsp3) is 0.158. The quantitative estimate of drug-likeness (QED) is 0.420. The number of esters is 1. The van der Waals surface area contributed by atoms with E-state index in [0.717, 1.165) is 5.56 Å². The number of rotatable bonds is 5. The van der Waals surface area contributed by atoms with E-state index in [9.17, 15) is 9.59 Å². The monoisotopic (exact) mass is 362 g/mol. The minimum Gasteiger partial charge on any atom is -0.451 e. The van der Waals surface area contributed by atoms with Gasteiger partial charge in [0.05, 0.1) is 0 Å². The maximum absolute atomic E-state index is 12.2. The summed E-state index contributed by atoms with van der Waals surface area (Å²) in [6.45, 7) is 3.48. The number of benzene rings is 2. The summed E-state index contributed by atoms with van der Waals surface area (Å²) >= 11 is 11.8. The Labute approximate surface area is 150 Å². The summed E-state index contributed by atoms with van der Waals surface area (Å²) < 4.78 is 5.14. The van der Waals surface area contributed by atoms with Gasteiger partial charge in [-0.1, -0.05) is 59.1 Å². The molecule has 0 bridgehead atoms. The second-order valence-electron chi connectivity index (χ2n) is 5.31. The van der Waals surface area contributed by atoms with E-state index in [4.69, 9.17) is 27.9 Å². The predicted octanol–water partition coefficient (Wildman–Crippen LogP) is 5.13. The predicted molar refractivity (Wildman–Crippen MR) is 96.6 cm³/mol. The molecule has 0 aliphatic rings. The van der Waals surface area contributed by atoms with Crippen molar-refractivity contribution >= 4 is 41.0 Å². The first kappa shape index (κ1) is 18.2. The lowest BCUT2D eigenvalue weighted by Crippen LogP contribution is -2.23. The second kappa shape index (κ2) is 8.13. The summed E-state index contributed by atoms with van der Waals surface area (Å²) in [5.74, 6) is -0.866. The molecular formula is C19H16Cl2O3. The third kappa shape index (κ3) is 4.95. The lowest BCUT2D eigenvalue weighted by atomic mass is 10.1. The zero-order valence-corrected chi connectivity index (χ0v) is 14.8. The van der Waals surface area contributed by atoms with Gasteiger partial charge in [-0.05, 0) is 37.6 Å². The van der Waals surface area contributed by atoms with Crippen molar-refractivity contribution < 1.29 is 14.3 Å². The third-order valence-corrected chi connectivity index (χ3v) is 3.92. The smallest absolute Gasteiger partial charge is 0.331 e. The molecule has 0 amide bonds. The molecule has 2 aromatic rings. The summed E-state index contributed by atoms with van der Waals surface area (Å²) in [6.07, 6.45) is 1.88. The van der Waals surface area contributed by atoms with Crippen molar-refractivity contribution in [2.75, 3.05) is 0 Å². The van der Waals surface area contributed by atoms with Crippen LogP contribution in [-0.4, -0.2) is 17.9 Å². The molecule has 3 nitrogen and oxygen atoms in total. The topological polar surface area (TPSA) is 43.4 Å².